The van der Waals surface area contributed by atoms with Gasteiger partial charge in [-0.3, -0.25) is 9.59 Å². The number of amides is 2. The van der Waals surface area contributed by atoms with Gasteiger partial charge in [-0.05, 0) is 60.7 Å². The third kappa shape index (κ3) is 4.97. The molecule has 35 heavy (non-hydrogen) atoms. The second-order valence-electron chi connectivity index (χ2n) is 8.12. The Kier molecular flexibility index (Phi) is 5.89. The number of hydrogen-bond acceptors (Lipinski definition) is 4. The number of aromatic nitrogens is 2. The Hall–Kier alpha value is -3.92. The fourth-order valence-corrected chi connectivity index (χ4v) is 4.28. The van der Waals surface area contributed by atoms with Crippen LogP contribution in [0.4, 0.5) is 24.5 Å². The van der Waals surface area contributed by atoms with Crippen molar-refractivity contribution in [3.05, 3.63) is 83.4 Å². The molecule has 2 heterocycles. The summed E-state index contributed by atoms with van der Waals surface area (Å²) < 4.78 is 42.9. The minimum atomic E-state index is -4.75. The quantitative estimate of drug-likeness (QED) is 0.333. The lowest BCUT2D eigenvalue weighted by Crippen LogP contribution is -2.20. The molecular formula is C25H19F3N4O2S. The summed E-state index contributed by atoms with van der Waals surface area (Å²) in [6.07, 6.45) is -3.28. The maximum Gasteiger partial charge on any atom is 0.418 e. The van der Waals surface area contributed by atoms with Crippen molar-refractivity contribution in [3.63, 3.8) is 0 Å². The topological polar surface area (TPSA) is 76.0 Å². The van der Waals surface area contributed by atoms with Crippen LogP contribution in [-0.2, 0) is 11.0 Å². The number of nitrogens with zero attached hydrogens (tertiary/aromatic N) is 2. The molecule has 2 aromatic heterocycles. The number of benzene rings is 2. The van der Waals surface area contributed by atoms with Crippen LogP contribution >= 0.6 is 11.3 Å². The number of hydrogen-bond donors (Lipinski definition) is 2. The Morgan fingerprint density at radius 1 is 0.971 bits per heavy atom. The van der Waals surface area contributed by atoms with Crippen LogP contribution in [-0.4, -0.2) is 21.6 Å². The molecule has 0 spiro atoms. The van der Waals surface area contributed by atoms with Gasteiger partial charge in [0.05, 0.1) is 21.8 Å². The lowest BCUT2D eigenvalue weighted by molar-refractivity contribution is -0.137. The second kappa shape index (κ2) is 9.03. The maximum absolute atomic E-state index is 13.8. The fraction of sp³-hybridized carbons (Fsp3) is 0.160. The summed E-state index contributed by atoms with van der Waals surface area (Å²) in [6, 6.07) is 17.4. The van der Waals surface area contributed by atoms with E-state index in [0.717, 1.165) is 29.9 Å². The average molecular weight is 497 g/mol. The molecule has 0 radical (unpaired) electrons. The molecule has 4 aromatic rings. The van der Waals surface area contributed by atoms with Gasteiger partial charge < -0.3 is 10.6 Å². The van der Waals surface area contributed by atoms with Gasteiger partial charge in [-0.25, -0.2) is 4.68 Å². The van der Waals surface area contributed by atoms with E-state index in [-0.39, 0.29) is 23.2 Å². The normalized spacial score (nSPS) is 13.5. The van der Waals surface area contributed by atoms with Crippen molar-refractivity contribution in [1.82, 2.24) is 9.78 Å². The van der Waals surface area contributed by atoms with E-state index in [4.69, 9.17) is 0 Å². The summed E-state index contributed by atoms with van der Waals surface area (Å²) in [5.41, 5.74) is -0.229. The van der Waals surface area contributed by atoms with Gasteiger partial charge in [-0.2, -0.15) is 18.3 Å². The average Bonchev–Trinajstić information content (AvgIpc) is 3.36. The van der Waals surface area contributed by atoms with Crippen molar-refractivity contribution in [2.75, 3.05) is 10.6 Å². The number of halogens is 3. The number of carbonyl (C=O) groups is 2. The van der Waals surface area contributed by atoms with Crippen molar-refractivity contribution < 1.29 is 22.8 Å². The molecule has 0 bridgehead atoms. The van der Waals surface area contributed by atoms with Crippen molar-refractivity contribution >= 4 is 34.5 Å². The van der Waals surface area contributed by atoms with Gasteiger partial charge in [-0.1, -0.05) is 24.3 Å². The number of rotatable bonds is 6. The van der Waals surface area contributed by atoms with E-state index in [0.29, 0.717) is 11.4 Å². The summed E-state index contributed by atoms with van der Waals surface area (Å²) >= 11 is 1.44. The van der Waals surface area contributed by atoms with Crippen LogP contribution in [0.3, 0.4) is 0 Å². The molecule has 1 saturated carbocycles. The zero-order valence-electron chi connectivity index (χ0n) is 18.2. The van der Waals surface area contributed by atoms with Gasteiger partial charge in [-0.15, -0.1) is 11.3 Å². The molecule has 1 aliphatic carbocycles. The summed E-state index contributed by atoms with van der Waals surface area (Å²) in [6.45, 7) is 0. The van der Waals surface area contributed by atoms with Crippen LogP contribution in [0.25, 0.3) is 16.3 Å². The smallest absolute Gasteiger partial charge is 0.326 e. The molecule has 178 valence electrons. The third-order valence-electron chi connectivity index (χ3n) is 5.51. The highest BCUT2D eigenvalue weighted by Crippen LogP contribution is 2.38. The molecule has 0 saturated heterocycles. The monoisotopic (exact) mass is 496 g/mol. The highest BCUT2D eigenvalue weighted by Gasteiger charge is 2.35. The van der Waals surface area contributed by atoms with E-state index in [1.54, 1.807) is 30.3 Å². The van der Waals surface area contributed by atoms with Gasteiger partial charge in [0.25, 0.3) is 5.91 Å². The van der Waals surface area contributed by atoms with Crippen LogP contribution in [0.15, 0.2) is 72.1 Å². The van der Waals surface area contributed by atoms with Gasteiger partial charge >= 0.3 is 6.18 Å². The SMILES string of the molecule is O=C(Nc1ccc(NC(=O)C2CC2)cc1C(F)(F)F)c1cc(-c2cccs2)nn1-c1ccccc1. The minimum Gasteiger partial charge on any atom is -0.326 e. The molecule has 1 fully saturated rings. The van der Waals surface area contributed by atoms with Crippen molar-refractivity contribution in [1.29, 1.82) is 0 Å². The van der Waals surface area contributed by atoms with Crippen LogP contribution in [0.1, 0.15) is 28.9 Å². The molecule has 0 unspecified atom stereocenters. The molecule has 1 aliphatic rings. The van der Waals surface area contributed by atoms with Crippen molar-refractivity contribution in [3.8, 4) is 16.3 Å². The highest BCUT2D eigenvalue weighted by atomic mass is 32.1. The molecule has 0 aliphatic heterocycles. The summed E-state index contributed by atoms with van der Waals surface area (Å²) in [7, 11) is 0. The predicted octanol–water partition coefficient (Wildman–Crippen LogP) is 6.22. The number of nitrogens with one attached hydrogen (secondary N) is 2. The van der Waals surface area contributed by atoms with E-state index in [2.05, 4.69) is 15.7 Å². The standard InChI is InChI=1S/C25H19F3N4O2S/c26-25(27,28)18-13-16(29-23(33)15-8-9-15)10-11-19(18)30-24(34)21-14-20(22-7-4-12-35-22)31-32(21)17-5-2-1-3-6-17/h1-7,10-15H,8-9H2,(H,29,33)(H,30,34). The summed E-state index contributed by atoms with van der Waals surface area (Å²) in [5, 5.41) is 11.3. The first-order valence-electron chi connectivity index (χ1n) is 10.8. The first-order chi connectivity index (χ1) is 16.8. The van der Waals surface area contributed by atoms with Gasteiger partial charge in [0.2, 0.25) is 5.91 Å². The van der Waals surface area contributed by atoms with Crippen LogP contribution < -0.4 is 10.6 Å². The second-order valence-corrected chi connectivity index (χ2v) is 9.06. The van der Waals surface area contributed by atoms with Gasteiger partial charge in [0.15, 0.2) is 0 Å². The highest BCUT2D eigenvalue weighted by molar-refractivity contribution is 7.13. The Labute approximate surface area is 202 Å². The first-order valence-corrected chi connectivity index (χ1v) is 11.7. The largest absolute Gasteiger partial charge is 0.418 e. The van der Waals surface area contributed by atoms with E-state index in [1.165, 1.54) is 22.1 Å². The number of para-hydroxylation sites is 1. The van der Waals surface area contributed by atoms with Crippen LogP contribution in [0.2, 0.25) is 0 Å². The molecule has 0 atom stereocenters. The van der Waals surface area contributed by atoms with Crippen molar-refractivity contribution in [2.24, 2.45) is 5.92 Å². The maximum atomic E-state index is 13.8. The number of alkyl halides is 3. The lowest BCUT2D eigenvalue weighted by Gasteiger charge is -2.16. The summed E-state index contributed by atoms with van der Waals surface area (Å²) in [5.74, 6) is -1.20. The molecule has 2 aromatic carbocycles. The molecule has 2 N–H and O–H groups in total. The minimum absolute atomic E-state index is 0.0292. The Balaban J connectivity index is 1.48. The number of thiophene rings is 1. The first kappa shape index (κ1) is 22.9. The molecular weight excluding hydrogens is 477 g/mol. The molecule has 6 nitrogen and oxygen atoms in total. The zero-order valence-corrected chi connectivity index (χ0v) is 19.0. The Morgan fingerprint density at radius 2 is 1.74 bits per heavy atom. The van der Waals surface area contributed by atoms with E-state index in [1.807, 2.05) is 23.6 Å². The Morgan fingerprint density at radius 3 is 2.40 bits per heavy atom. The lowest BCUT2D eigenvalue weighted by atomic mass is 10.1. The van der Waals surface area contributed by atoms with Gasteiger partial charge in [0.1, 0.15) is 11.4 Å². The van der Waals surface area contributed by atoms with E-state index in [9.17, 15) is 22.8 Å². The molecule has 5 rings (SSSR count). The van der Waals surface area contributed by atoms with Crippen LogP contribution in [0.5, 0.6) is 0 Å². The fourth-order valence-electron chi connectivity index (χ4n) is 3.60. The summed E-state index contributed by atoms with van der Waals surface area (Å²) in [4.78, 5) is 26.0. The third-order valence-corrected chi connectivity index (χ3v) is 6.40. The van der Waals surface area contributed by atoms with Crippen molar-refractivity contribution in [2.45, 2.75) is 19.0 Å². The van der Waals surface area contributed by atoms with Gasteiger partial charge in [0, 0.05) is 11.6 Å². The Bertz CT molecular complexity index is 1380. The number of anilines is 2. The molecule has 10 heteroatoms. The molecule has 2 amide bonds. The van der Waals surface area contributed by atoms with E-state index < -0.39 is 23.3 Å². The zero-order chi connectivity index (χ0) is 24.6. The predicted molar refractivity (Wildman–Crippen MR) is 128 cm³/mol. The van der Waals surface area contributed by atoms with Crippen LogP contribution in [0, 0.1) is 5.92 Å². The number of carbonyl (C=O) groups excluding carboxylic acids is 2. The van der Waals surface area contributed by atoms with E-state index >= 15 is 0 Å².